The van der Waals surface area contributed by atoms with Crippen molar-refractivity contribution in [3.05, 3.63) is 57.6 Å². The highest BCUT2D eigenvalue weighted by Crippen LogP contribution is 2.29. The Hall–Kier alpha value is -2.97. The third-order valence-corrected chi connectivity index (χ3v) is 6.45. The Morgan fingerprint density at radius 2 is 1.97 bits per heavy atom. The van der Waals surface area contributed by atoms with Gasteiger partial charge in [-0.3, -0.25) is 14.2 Å². The second-order valence-corrected chi connectivity index (χ2v) is 11.1. The van der Waals surface area contributed by atoms with E-state index >= 15 is 0 Å². The van der Waals surface area contributed by atoms with E-state index in [1.807, 2.05) is 18.2 Å². The summed E-state index contributed by atoms with van der Waals surface area (Å²) in [5, 5.41) is 3.75. The number of ether oxygens (including phenoxy) is 1. The van der Waals surface area contributed by atoms with Gasteiger partial charge in [0.25, 0.3) is 5.56 Å². The molecule has 0 aliphatic carbocycles. The van der Waals surface area contributed by atoms with Gasteiger partial charge < -0.3 is 15.0 Å². The Kier molecular flexibility index (Phi) is 7.12. The number of hydrogen-bond acceptors (Lipinski definition) is 6. The van der Waals surface area contributed by atoms with Crippen LogP contribution in [0.15, 0.2) is 41.2 Å². The zero-order chi connectivity index (χ0) is 26.3. The number of hydrogen-bond donors (Lipinski definition) is 1. The Balaban J connectivity index is 1.88. The first-order chi connectivity index (χ1) is 16.9. The number of anilines is 1. The first kappa shape index (κ1) is 26.1. The first-order valence-electron chi connectivity index (χ1n) is 12.1. The highest BCUT2D eigenvalue weighted by molar-refractivity contribution is 6.31. The van der Waals surface area contributed by atoms with Gasteiger partial charge in [-0.1, -0.05) is 11.6 Å². The Labute approximate surface area is 215 Å². The number of halogens is 2. The quantitative estimate of drug-likeness (QED) is 0.505. The molecule has 192 valence electrons. The molecule has 0 saturated carbocycles. The van der Waals surface area contributed by atoms with E-state index in [0.717, 1.165) is 31.7 Å². The average molecular weight is 515 g/mol. The summed E-state index contributed by atoms with van der Waals surface area (Å²) >= 11 is 6.02. The zero-order valence-corrected chi connectivity index (χ0v) is 22.1. The van der Waals surface area contributed by atoms with E-state index in [-0.39, 0.29) is 28.5 Å². The van der Waals surface area contributed by atoms with Gasteiger partial charge in [-0.25, -0.2) is 9.37 Å². The average Bonchev–Trinajstić information content (AvgIpc) is 2.96. The highest BCUT2D eigenvalue weighted by atomic mass is 35.5. The molecule has 2 aromatic carbocycles. The van der Waals surface area contributed by atoms with E-state index in [2.05, 4.69) is 24.1 Å². The SMILES string of the molecule is CC(C)(C)OC(=O)Cn1c(-c2ccc(F)c(Cl)c2)nc2ccc(N3CCCNCC3(C)C)cc2c1=O. The molecule has 1 aliphatic heterocycles. The molecule has 0 spiro atoms. The van der Waals surface area contributed by atoms with Crippen LogP contribution < -0.4 is 15.8 Å². The van der Waals surface area contributed by atoms with Gasteiger partial charge in [0, 0.05) is 29.9 Å². The third kappa shape index (κ3) is 5.55. The van der Waals surface area contributed by atoms with E-state index < -0.39 is 17.4 Å². The number of carbonyl (C=O) groups excluding carboxylic acids is 1. The molecule has 3 aromatic rings. The van der Waals surface area contributed by atoms with Gasteiger partial charge in [-0.05, 0) is 84.0 Å². The lowest BCUT2D eigenvalue weighted by Crippen LogP contribution is -2.48. The van der Waals surface area contributed by atoms with Crippen molar-refractivity contribution in [2.75, 3.05) is 24.5 Å². The molecular weight excluding hydrogens is 483 g/mol. The molecule has 1 saturated heterocycles. The van der Waals surface area contributed by atoms with Crippen LogP contribution in [0.5, 0.6) is 0 Å². The second kappa shape index (κ2) is 9.82. The fraction of sp³-hybridized carbons (Fsp3) is 0.444. The van der Waals surface area contributed by atoms with Gasteiger partial charge in [0.05, 0.1) is 15.9 Å². The Morgan fingerprint density at radius 1 is 1.22 bits per heavy atom. The zero-order valence-electron chi connectivity index (χ0n) is 21.3. The monoisotopic (exact) mass is 514 g/mol. The molecule has 7 nitrogen and oxygen atoms in total. The summed E-state index contributed by atoms with van der Waals surface area (Å²) in [5.41, 5.74) is 0.561. The molecule has 0 bridgehead atoms. The fourth-order valence-corrected chi connectivity index (χ4v) is 4.70. The van der Waals surface area contributed by atoms with Crippen LogP contribution in [0.4, 0.5) is 10.1 Å². The molecular formula is C27H32ClFN4O3. The van der Waals surface area contributed by atoms with Crippen LogP contribution in [-0.4, -0.2) is 46.3 Å². The second-order valence-electron chi connectivity index (χ2n) is 10.7. The number of esters is 1. The number of carbonyl (C=O) groups is 1. The van der Waals surface area contributed by atoms with Gasteiger partial charge in [0.2, 0.25) is 0 Å². The molecule has 1 fully saturated rings. The van der Waals surface area contributed by atoms with Gasteiger partial charge in [0.1, 0.15) is 23.8 Å². The van der Waals surface area contributed by atoms with Crippen LogP contribution in [0, 0.1) is 5.82 Å². The number of rotatable bonds is 4. The summed E-state index contributed by atoms with van der Waals surface area (Å²) < 4.78 is 20.6. The van der Waals surface area contributed by atoms with Gasteiger partial charge in [-0.15, -0.1) is 0 Å². The van der Waals surface area contributed by atoms with Crippen molar-refractivity contribution < 1.29 is 13.9 Å². The summed E-state index contributed by atoms with van der Waals surface area (Å²) in [6, 6.07) is 9.71. The van der Waals surface area contributed by atoms with E-state index in [9.17, 15) is 14.0 Å². The predicted molar refractivity (Wildman–Crippen MR) is 141 cm³/mol. The smallest absolute Gasteiger partial charge is 0.326 e. The molecule has 0 unspecified atom stereocenters. The minimum atomic E-state index is -0.718. The molecule has 1 aliphatic rings. The normalized spacial score (nSPS) is 16.1. The van der Waals surface area contributed by atoms with Crippen molar-refractivity contribution in [2.45, 2.75) is 58.7 Å². The lowest BCUT2D eigenvalue weighted by atomic mass is 10.0. The molecule has 1 N–H and O–H groups in total. The number of benzene rings is 2. The first-order valence-corrected chi connectivity index (χ1v) is 12.4. The van der Waals surface area contributed by atoms with Crippen LogP contribution in [0.25, 0.3) is 22.3 Å². The number of nitrogens with one attached hydrogen (secondary N) is 1. The van der Waals surface area contributed by atoms with Crippen LogP contribution in [0.2, 0.25) is 5.02 Å². The lowest BCUT2D eigenvalue weighted by molar-refractivity contribution is -0.155. The van der Waals surface area contributed by atoms with Crippen molar-refractivity contribution in [3.63, 3.8) is 0 Å². The Bertz CT molecular complexity index is 1360. The predicted octanol–water partition coefficient (Wildman–Crippen LogP) is 4.78. The minimum absolute atomic E-state index is 0.0991. The summed E-state index contributed by atoms with van der Waals surface area (Å²) in [7, 11) is 0. The molecule has 0 atom stereocenters. The summed E-state index contributed by atoms with van der Waals surface area (Å²) in [5.74, 6) is -0.940. The highest BCUT2D eigenvalue weighted by Gasteiger charge is 2.29. The van der Waals surface area contributed by atoms with Crippen LogP contribution in [-0.2, 0) is 16.1 Å². The minimum Gasteiger partial charge on any atom is -0.459 e. The van der Waals surface area contributed by atoms with Gasteiger partial charge >= 0.3 is 5.97 Å². The topological polar surface area (TPSA) is 76.5 Å². The van der Waals surface area contributed by atoms with Gasteiger partial charge in [-0.2, -0.15) is 0 Å². The number of aromatic nitrogens is 2. The van der Waals surface area contributed by atoms with E-state index in [1.165, 1.54) is 22.8 Å². The lowest BCUT2D eigenvalue weighted by Gasteiger charge is -2.39. The molecule has 0 amide bonds. The summed E-state index contributed by atoms with van der Waals surface area (Å²) in [6.07, 6.45) is 0.979. The number of fused-ring (bicyclic) bond motifs is 1. The Morgan fingerprint density at radius 3 is 2.67 bits per heavy atom. The molecule has 9 heteroatoms. The summed E-state index contributed by atoms with van der Waals surface area (Å²) in [6.45, 7) is 11.9. The maximum atomic E-state index is 13.9. The standard InChI is InChI=1S/C27H32ClFN4O3/c1-26(2,3)36-23(34)15-32-24(17-7-9-21(29)20(28)13-17)31-22-10-8-18(14-19(22)25(32)35)33-12-6-11-30-16-27(33,4)5/h7-10,13-14,30H,6,11-12,15-16H2,1-5H3. The maximum absolute atomic E-state index is 13.9. The van der Waals surface area contributed by atoms with Crippen LogP contribution in [0.1, 0.15) is 41.0 Å². The molecule has 1 aromatic heterocycles. The van der Waals surface area contributed by atoms with Crippen molar-refractivity contribution in [3.8, 4) is 11.4 Å². The van der Waals surface area contributed by atoms with Crippen LogP contribution >= 0.6 is 11.6 Å². The molecule has 0 radical (unpaired) electrons. The van der Waals surface area contributed by atoms with E-state index in [0.29, 0.717) is 16.5 Å². The van der Waals surface area contributed by atoms with Gasteiger partial charge in [0.15, 0.2) is 0 Å². The van der Waals surface area contributed by atoms with E-state index in [1.54, 1.807) is 20.8 Å². The third-order valence-electron chi connectivity index (χ3n) is 6.16. The number of nitrogens with zero attached hydrogens (tertiary/aromatic N) is 3. The van der Waals surface area contributed by atoms with Crippen LogP contribution in [0.3, 0.4) is 0 Å². The van der Waals surface area contributed by atoms with Crippen molar-refractivity contribution in [2.24, 2.45) is 0 Å². The van der Waals surface area contributed by atoms with Crippen molar-refractivity contribution >= 4 is 34.2 Å². The fourth-order valence-electron chi connectivity index (χ4n) is 4.52. The molecule has 36 heavy (non-hydrogen) atoms. The summed E-state index contributed by atoms with van der Waals surface area (Å²) in [4.78, 5) is 33.6. The maximum Gasteiger partial charge on any atom is 0.326 e. The largest absolute Gasteiger partial charge is 0.459 e. The van der Waals surface area contributed by atoms with E-state index in [4.69, 9.17) is 21.3 Å². The molecule has 2 heterocycles. The van der Waals surface area contributed by atoms with Crippen molar-refractivity contribution in [1.82, 2.24) is 14.9 Å². The van der Waals surface area contributed by atoms with Crippen molar-refractivity contribution in [1.29, 1.82) is 0 Å². The molecule has 4 rings (SSSR count).